The molecule has 1 aliphatic rings. The summed E-state index contributed by atoms with van der Waals surface area (Å²) in [4.78, 5) is 29.3. The lowest BCUT2D eigenvalue weighted by Crippen LogP contribution is -2.46. The first-order chi connectivity index (χ1) is 14.9. The number of likely N-dealkylation sites (tertiary alicyclic amines) is 1. The van der Waals surface area contributed by atoms with Gasteiger partial charge in [0.2, 0.25) is 21.8 Å². The number of hydrogen-bond acceptors (Lipinski definition) is 5. The van der Waals surface area contributed by atoms with Gasteiger partial charge in [-0.3, -0.25) is 9.59 Å². The van der Waals surface area contributed by atoms with Gasteiger partial charge in [0.25, 0.3) is 0 Å². The summed E-state index contributed by atoms with van der Waals surface area (Å²) in [5.74, 6) is 0.110. The molecule has 32 heavy (non-hydrogen) atoms. The monoisotopic (exact) mass is 466 g/mol. The molecule has 0 aromatic heterocycles. The van der Waals surface area contributed by atoms with Crippen LogP contribution in [0.5, 0.6) is 0 Å². The fraction of sp³-hybridized carbons (Fsp3) is 0.652. The van der Waals surface area contributed by atoms with E-state index in [9.17, 15) is 18.0 Å². The lowest BCUT2D eigenvalue weighted by atomic mass is 9.91. The summed E-state index contributed by atoms with van der Waals surface area (Å²) in [6.45, 7) is 7.00. The Hall–Kier alpha value is -1.97. The van der Waals surface area contributed by atoms with Crippen molar-refractivity contribution in [1.82, 2.24) is 19.8 Å². The average molecular weight is 467 g/mol. The summed E-state index contributed by atoms with van der Waals surface area (Å²) < 4.78 is 25.9. The number of amides is 2. The first-order valence-electron chi connectivity index (χ1n) is 11.2. The number of carbonyl (C=O) groups excluding carboxylic acids is 2. The van der Waals surface area contributed by atoms with Crippen LogP contribution in [0.4, 0.5) is 0 Å². The zero-order valence-electron chi connectivity index (χ0n) is 20.0. The molecule has 2 N–H and O–H groups in total. The highest BCUT2D eigenvalue weighted by molar-refractivity contribution is 7.89. The molecule has 0 saturated carbocycles. The van der Waals surface area contributed by atoms with Crippen LogP contribution in [-0.4, -0.2) is 77.4 Å². The Labute approximate surface area is 192 Å². The summed E-state index contributed by atoms with van der Waals surface area (Å²) in [6.07, 6.45) is 2.29. The summed E-state index contributed by atoms with van der Waals surface area (Å²) >= 11 is 0. The van der Waals surface area contributed by atoms with Gasteiger partial charge in [-0.15, -0.1) is 0 Å². The van der Waals surface area contributed by atoms with Crippen LogP contribution in [0, 0.1) is 11.3 Å². The number of carbonyl (C=O) groups is 2. The molecule has 0 bridgehead atoms. The van der Waals surface area contributed by atoms with Crippen LogP contribution in [0.3, 0.4) is 0 Å². The molecule has 1 aromatic rings. The van der Waals surface area contributed by atoms with Crippen LogP contribution in [0.2, 0.25) is 0 Å². The van der Waals surface area contributed by atoms with Gasteiger partial charge in [0.15, 0.2) is 0 Å². The normalized spacial score (nSPS) is 15.8. The zero-order valence-corrected chi connectivity index (χ0v) is 20.8. The van der Waals surface area contributed by atoms with Gasteiger partial charge in [-0.2, -0.15) is 0 Å². The second kappa shape index (κ2) is 11.2. The van der Waals surface area contributed by atoms with E-state index >= 15 is 0 Å². The Balaban J connectivity index is 1.76. The number of aryl methyl sites for hydroxylation is 1. The average Bonchev–Trinajstić information content (AvgIpc) is 2.75. The topological polar surface area (TPSA) is 98.8 Å². The molecule has 0 unspecified atom stereocenters. The van der Waals surface area contributed by atoms with Crippen molar-refractivity contribution < 1.29 is 18.0 Å². The van der Waals surface area contributed by atoms with Crippen molar-refractivity contribution in [2.45, 2.75) is 44.4 Å². The van der Waals surface area contributed by atoms with Gasteiger partial charge < -0.3 is 15.1 Å². The maximum Gasteiger partial charge on any atom is 0.240 e. The second-order valence-electron chi connectivity index (χ2n) is 9.63. The Bertz CT molecular complexity index is 874. The minimum Gasteiger partial charge on any atom is -0.355 e. The molecule has 9 heteroatoms. The summed E-state index contributed by atoms with van der Waals surface area (Å²) in [5.41, 5.74) is 0.925. The number of nitrogens with zero attached hydrogens (tertiary/aromatic N) is 2. The fourth-order valence-electron chi connectivity index (χ4n) is 4.14. The standard InChI is InChI=1S/C23H38N4O4S/c1-23(2,17-26(4)5)16-25-22(29)19-12-14-27(15-13-19)21(28)11-8-18-6-9-20(10-7-18)32(30,31)24-3/h6-7,9-10,19,24H,8,11-17H2,1-5H3,(H,25,29). The van der Waals surface area contributed by atoms with E-state index in [0.717, 1.165) is 12.1 Å². The van der Waals surface area contributed by atoms with Crippen molar-refractivity contribution in [1.29, 1.82) is 0 Å². The highest BCUT2D eigenvalue weighted by atomic mass is 32.2. The molecule has 1 heterocycles. The Morgan fingerprint density at radius 3 is 2.25 bits per heavy atom. The third kappa shape index (κ3) is 7.86. The number of benzene rings is 1. The number of rotatable bonds is 10. The lowest BCUT2D eigenvalue weighted by Gasteiger charge is -2.33. The molecule has 180 valence electrons. The summed E-state index contributed by atoms with van der Waals surface area (Å²) in [7, 11) is 1.98. The van der Waals surface area contributed by atoms with Crippen molar-refractivity contribution >= 4 is 21.8 Å². The smallest absolute Gasteiger partial charge is 0.240 e. The van der Waals surface area contributed by atoms with E-state index in [2.05, 4.69) is 28.8 Å². The van der Waals surface area contributed by atoms with Gasteiger partial charge in [0.1, 0.15) is 0 Å². The van der Waals surface area contributed by atoms with Crippen LogP contribution in [0.1, 0.15) is 38.7 Å². The van der Waals surface area contributed by atoms with Crippen LogP contribution >= 0.6 is 0 Å². The first-order valence-corrected chi connectivity index (χ1v) is 12.6. The Morgan fingerprint density at radius 2 is 1.72 bits per heavy atom. The highest BCUT2D eigenvalue weighted by Crippen LogP contribution is 2.20. The van der Waals surface area contributed by atoms with Crippen molar-refractivity contribution in [3.8, 4) is 0 Å². The lowest BCUT2D eigenvalue weighted by molar-refractivity contribution is -0.135. The van der Waals surface area contributed by atoms with Gasteiger partial charge in [0.05, 0.1) is 4.90 Å². The summed E-state index contributed by atoms with van der Waals surface area (Å²) in [6, 6.07) is 6.59. The van der Waals surface area contributed by atoms with Crippen molar-refractivity contribution in [2.75, 3.05) is 47.3 Å². The van der Waals surface area contributed by atoms with Crippen LogP contribution in [0.25, 0.3) is 0 Å². The molecule has 1 saturated heterocycles. The number of nitrogens with one attached hydrogen (secondary N) is 2. The first kappa shape index (κ1) is 26.3. The number of sulfonamides is 1. The third-order valence-corrected chi connectivity index (χ3v) is 7.26. The largest absolute Gasteiger partial charge is 0.355 e. The molecule has 0 aliphatic carbocycles. The maximum absolute atomic E-state index is 12.6. The zero-order chi connectivity index (χ0) is 23.9. The third-order valence-electron chi connectivity index (χ3n) is 5.83. The van der Waals surface area contributed by atoms with Crippen molar-refractivity contribution in [2.24, 2.45) is 11.3 Å². The van der Waals surface area contributed by atoms with Gasteiger partial charge in [-0.25, -0.2) is 13.1 Å². The molecule has 1 aliphatic heterocycles. The highest BCUT2D eigenvalue weighted by Gasteiger charge is 2.28. The van der Waals surface area contributed by atoms with Crippen molar-refractivity contribution in [3.63, 3.8) is 0 Å². The van der Waals surface area contributed by atoms with Crippen LogP contribution < -0.4 is 10.0 Å². The molecule has 0 radical (unpaired) electrons. The van der Waals surface area contributed by atoms with E-state index in [-0.39, 0.29) is 28.0 Å². The van der Waals surface area contributed by atoms with Gasteiger partial charge in [-0.1, -0.05) is 26.0 Å². The molecule has 0 spiro atoms. The van der Waals surface area contributed by atoms with E-state index in [1.54, 1.807) is 24.3 Å². The minimum absolute atomic E-state index is 0.00523. The number of piperidine rings is 1. The fourth-order valence-corrected chi connectivity index (χ4v) is 4.87. The van der Waals surface area contributed by atoms with E-state index < -0.39 is 10.0 Å². The maximum atomic E-state index is 12.6. The molecule has 8 nitrogen and oxygen atoms in total. The predicted molar refractivity (Wildman–Crippen MR) is 126 cm³/mol. The predicted octanol–water partition coefficient (Wildman–Crippen LogP) is 1.47. The van der Waals surface area contributed by atoms with Gasteiger partial charge in [-0.05, 0) is 63.5 Å². The molecule has 2 amide bonds. The quantitative estimate of drug-likeness (QED) is 0.544. The van der Waals surface area contributed by atoms with E-state index in [1.807, 2.05) is 19.0 Å². The van der Waals surface area contributed by atoms with Crippen molar-refractivity contribution in [3.05, 3.63) is 29.8 Å². The molecule has 2 rings (SSSR count). The van der Waals surface area contributed by atoms with E-state index in [1.165, 1.54) is 7.05 Å². The van der Waals surface area contributed by atoms with Gasteiger partial charge in [0, 0.05) is 38.5 Å². The Morgan fingerprint density at radius 1 is 1.12 bits per heavy atom. The molecular formula is C23H38N4O4S. The molecule has 1 fully saturated rings. The SMILES string of the molecule is CNS(=O)(=O)c1ccc(CCC(=O)N2CCC(C(=O)NCC(C)(C)CN(C)C)CC2)cc1. The van der Waals surface area contributed by atoms with Crippen LogP contribution in [0.15, 0.2) is 29.2 Å². The van der Waals surface area contributed by atoms with E-state index in [4.69, 9.17) is 0 Å². The van der Waals surface area contributed by atoms with Gasteiger partial charge >= 0.3 is 0 Å². The second-order valence-corrected chi connectivity index (χ2v) is 11.5. The minimum atomic E-state index is -3.45. The molecule has 1 aromatic carbocycles. The molecular weight excluding hydrogens is 428 g/mol. The van der Waals surface area contributed by atoms with E-state index in [0.29, 0.717) is 45.3 Å². The molecule has 0 atom stereocenters. The number of hydrogen-bond donors (Lipinski definition) is 2. The summed E-state index contributed by atoms with van der Waals surface area (Å²) in [5, 5.41) is 3.09. The Kier molecular flexibility index (Phi) is 9.24. The van der Waals surface area contributed by atoms with Crippen LogP contribution in [-0.2, 0) is 26.0 Å².